The van der Waals surface area contributed by atoms with Gasteiger partial charge in [-0.05, 0) is 18.2 Å². The normalized spacial score (nSPS) is 26.8. The molecule has 0 amide bonds. The summed E-state index contributed by atoms with van der Waals surface area (Å²) < 4.78 is 21.6. The number of benzene rings is 2. The third-order valence-electron chi connectivity index (χ3n) is 5.03. The minimum Gasteiger partial charge on any atom is -0.507 e. The van der Waals surface area contributed by atoms with Gasteiger partial charge in [0.05, 0.1) is 19.1 Å². The molecule has 1 fully saturated rings. The summed E-state index contributed by atoms with van der Waals surface area (Å²) in [5, 5.41) is 49.4. The van der Waals surface area contributed by atoms with Gasteiger partial charge in [-0.25, -0.2) is 0 Å². The van der Waals surface area contributed by atoms with Crippen LogP contribution in [0.2, 0.25) is 0 Å². The smallest absolute Gasteiger partial charge is 0.229 e. The number of phenolic OH excluding ortho intramolecular Hbond substituents is 1. The molecule has 1 aliphatic heterocycles. The number of aliphatic hydroxyl groups is 4. The Labute approximate surface area is 169 Å². The van der Waals surface area contributed by atoms with Crippen molar-refractivity contribution >= 4 is 21.9 Å². The molecule has 10 nitrogen and oxygen atoms in total. The highest BCUT2D eigenvalue weighted by Crippen LogP contribution is 2.32. The van der Waals surface area contributed by atoms with Gasteiger partial charge in [0.2, 0.25) is 11.7 Å². The Morgan fingerprint density at radius 2 is 1.77 bits per heavy atom. The van der Waals surface area contributed by atoms with Crippen molar-refractivity contribution in [1.82, 2.24) is 0 Å². The standard InChI is InChI=1S/C20H20O10/c1-27-9-5-11(22)15-13(6-9)29-12-3-2-8(4-10(12)16(15)23)28-20-19(26)18(25)17(24)14(7-21)30-20/h2-6,14,17-22,24-26H,7H2,1H3/t14-,17-,18+,19-,20-/m1/s1. The van der Waals surface area contributed by atoms with Crippen LogP contribution in [0.5, 0.6) is 17.2 Å². The molecule has 2 heterocycles. The minimum atomic E-state index is -1.60. The van der Waals surface area contributed by atoms with Crippen LogP contribution >= 0.6 is 0 Å². The summed E-state index contributed by atoms with van der Waals surface area (Å²) in [4.78, 5) is 12.9. The first-order valence-electron chi connectivity index (χ1n) is 9.08. The number of aliphatic hydroxyl groups excluding tert-OH is 4. The van der Waals surface area contributed by atoms with Crippen LogP contribution in [-0.2, 0) is 4.74 Å². The number of hydrogen-bond acceptors (Lipinski definition) is 10. The van der Waals surface area contributed by atoms with E-state index in [0.29, 0.717) is 5.75 Å². The maximum Gasteiger partial charge on any atom is 0.229 e. The van der Waals surface area contributed by atoms with Crippen LogP contribution in [0.25, 0.3) is 21.9 Å². The number of aromatic hydroxyl groups is 1. The first kappa shape index (κ1) is 20.4. The second-order valence-electron chi connectivity index (χ2n) is 6.92. The van der Waals surface area contributed by atoms with Gasteiger partial charge >= 0.3 is 0 Å². The van der Waals surface area contributed by atoms with Gasteiger partial charge < -0.3 is 44.2 Å². The molecule has 0 radical (unpaired) electrons. The molecule has 0 spiro atoms. The van der Waals surface area contributed by atoms with Gasteiger partial charge in [0.1, 0.15) is 58.2 Å². The minimum absolute atomic E-state index is 0.0340. The molecule has 30 heavy (non-hydrogen) atoms. The molecule has 1 aliphatic rings. The maximum atomic E-state index is 12.9. The van der Waals surface area contributed by atoms with Crippen molar-refractivity contribution in [3.05, 3.63) is 40.6 Å². The molecular formula is C20H20O10. The summed E-state index contributed by atoms with van der Waals surface area (Å²) in [5.41, 5.74) is -0.140. The van der Waals surface area contributed by atoms with Crippen molar-refractivity contribution in [2.45, 2.75) is 30.7 Å². The molecule has 0 unspecified atom stereocenters. The van der Waals surface area contributed by atoms with Crippen LogP contribution in [0, 0.1) is 0 Å². The Morgan fingerprint density at radius 3 is 2.47 bits per heavy atom. The molecule has 5 N–H and O–H groups in total. The van der Waals surface area contributed by atoms with Crippen molar-refractivity contribution in [3.8, 4) is 17.2 Å². The largest absolute Gasteiger partial charge is 0.507 e. The number of methoxy groups -OCH3 is 1. The average Bonchev–Trinajstić information content (AvgIpc) is 2.74. The van der Waals surface area contributed by atoms with E-state index in [1.54, 1.807) is 0 Å². The predicted octanol–water partition coefficient (Wildman–Crippen LogP) is -0.161. The second-order valence-corrected chi connectivity index (χ2v) is 6.92. The summed E-state index contributed by atoms with van der Waals surface area (Å²) in [5.74, 6) is 0.122. The number of rotatable bonds is 4. The molecule has 160 valence electrons. The Morgan fingerprint density at radius 1 is 1.00 bits per heavy atom. The molecule has 2 aromatic carbocycles. The Kier molecular flexibility index (Phi) is 5.26. The van der Waals surface area contributed by atoms with E-state index >= 15 is 0 Å². The quantitative estimate of drug-likeness (QED) is 0.359. The molecule has 0 saturated carbocycles. The fourth-order valence-corrected chi connectivity index (χ4v) is 3.40. The summed E-state index contributed by atoms with van der Waals surface area (Å²) in [7, 11) is 1.42. The van der Waals surface area contributed by atoms with Crippen LogP contribution < -0.4 is 14.9 Å². The lowest BCUT2D eigenvalue weighted by molar-refractivity contribution is -0.277. The zero-order valence-corrected chi connectivity index (χ0v) is 15.8. The number of phenols is 1. The molecule has 4 rings (SSSR count). The lowest BCUT2D eigenvalue weighted by Gasteiger charge is -2.39. The van der Waals surface area contributed by atoms with Crippen molar-refractivity contribution in [3.63, 3.8) is 0 Å². The van der Waals surface area contributed by atoms with Crippen molar-refractivity contribution in [1.29, 1.82) is 0 Å². The van der Waals surface area contributed by atoms with Crippen LogP contribution in [-0.4, -0.2) is 70.0 Å². The van der Waals surface area contributed by atoms with E-state index in [1.807, 2.05) is 0 Å². The zero-order valence-electron chi connectivity index (χ0n) is 15.8. The summed E-state index contributed by atoms with van der Waals surface area (Å²) in [6.07, 6.45) is -7.23. The van der Waals surface area contributed by atoms with Gasteiger partial charge in [0, 0.05) is 12.1 Å². The third kappa shape index (κ3) is 3.34. The summed E-state index contributed by atoms with van der Waals surface area (Å²) >= 11 is 0. The Bertz CT molecular complexity index is 1140. The zero-order chi connectivity index (χ0) is 21.6. The van der Waals surface area contributed by atoms with E-state index in [0.717, 1.165) is 0 Å². The number of ether oxygens (including phenoxy) is 3. The van der Waals surface area contributed by atoms with E-state index in [-0.39, 0.29) is 33.4 Å². The fourth-order valence-electron chi connectivity index (χ4n) is 3.40. The fraction of sp³-hybridized carbons (Fsp3) is 0.350. The van der Waals surface area contributed by atoms with E-state index < -0.39 is 42.7 Å². The molecule has 3 aromatic rings. The Balaban J connectivity index is 1.73. The van der Waals surface area contributed by atoms with Gasteiger partial charge in [-0.3, -0.25) is 4.79 Å². The average molecular weight is 420 g/mol. The second kappa shape index (κ2) is 7.74. The highest BCUT2D eigenvalue weighted by Gasteiger charge is 2.44. The first-order valence-corrected chi connectivity index (χ1v) is 9.08. The highest BCUT2D eigenvalue weighted by atomic mass is 16.7. The maximum absolute atomic E-state index is 12.9. The Hall–Kier alpha value is -2.89. The SMILES string of the molecule is COc1cc(O)c2c(=O)c3cc(O[C@@H]4O[C@H](CO)[C@@H](O)[C@H](O)[C@H]4O)ccc3oc2c1. The van der Waals surface area contributed by atoms with E-state index in [9.17, 15) is 30.3 Å². The third-order valence-corrected chi connectivity index (χ3v) is 5.03. The van der Waals surface area contributed by atoms with Crippen LogP contribution in [0.3, 0.4) is 0 Å². The number of fused-ring (bicyclic) bond motifs is 2. The summed E-state index contributed by atoms with van der Waals surface area (Å²) in [6, 6.07) is 7.03. The monoisotopic (exact) mass is 420 g/mol. The van der Waals surface area contributed by atoms with Gasteiger partial charge in [-0.15, -0.1) is 0 Å². The van der Waals surface area contributed by atoms with Crippen LogP contribution in [0.15, 0.2) is 39.5 Å². The van der Waals surface area contributed by atoms with Crippen LogP contribution in [0.4, 0.5) is 0 Å². The molecule has 10 heteroatoms. The molecule has 1 aromatic heterocycles. The van der Waals surface area contributed by atoms with E-state index in [4.69, 9.17) is 18.6 Å². The lowest BCUT2D eigenvalue weighted by Crippen LogP contribution is -2.60. The topological polar surface area (TPSA) is 159 Å². The van der Waals surface area contributed by atoms with E-state index in [1.165, 1.54) is 37.4 Å². The summed E-state index contributed by atoms with van der Waals surface area (Å²) in [6.45, 7) is -0.596. The molecule has 0 aliphatic carbocycles. The van der Waals surface area contributed by atoms with Crippen molar-refractivity contribution in [2.75, 3.05) is 13.7 Å². The number of hydrogen-bond donors (Lipinski definition) is 5. The highest BCUT2D eigenvalue weighted by molar-refractivity contribution is 5.94. The van der Waals surface area contributed by atoms with Gasteiger partial charge in [0.25, 0.3) is 0 Å². The van der Waals surface area contributed by atoms with Gasteiger partial charge in [-0.2, -0.15) is 0 Å². The van der Waals surface area contributed by atoms with E-state index in [2.05, 4.69) is 0 Å². The predicted molar refractivity (Wildman–Crippen MR) is 103 cm³/mol. The van der Waals surface area contributed by atoms with Crippen molar-refractivity contribution < 1.29 is 44.2 Å². The molecule has 5 atom stereocenters. The first-order chi connectivity index (χ1) is 14.3. The van der Waals surface area contributed by atoms with Gasteiger partial charge in [0.15, 0.2) is 0 Å². The lowest BCUT2D eigenvalue weighted by atomic mass is 9.99. The molecular weight excluding hydrogens is 400 g/mol. The van der Waals surface area contributed by atoms with Gasteiger partial charge in [-0.1, -0.05) is 0 Å². The molecule has 1 saturated heterocycles. The molecule has 0 bridgehead atoms. The van der Waals surface area contributed by atoms with Crippen molar-refractivity contribution in [2.24, 2.45) is 0 Å². The van der Waals surface area contributed by atoms with Crippen LogP contribution in [0.1, 0.15) is 0 Å².